The summed E-state index contributed by atoms with van der Waals surface area (Å²) in [5.41, 5.74) is 7.84. The zero-order valence-corrected chi connectivity index (χ0v) is 57.8. The van der Waals surface area contributed by atoms with E-state index in [-0.39, 0.29) is 83.3 Å². The highest BCUT2D eigenvalue weighted by Gasteiger charge is 2.29. The van der Waals surface area contributed by atoms with Crippen molar-refractivity contribution < 1.29 is 113 Å². The molecule has 0 aliphatic carbocycles. The Balaban J connectivity index is 0.000000359. The molecule has 14 N–H and O–H groups in total. The van der Waals surface area contributed by atoms with Gasteiger partial charge in [-0.2, -0.15) is 0 Å². The number of hydrogen-bond acceptors (Lipinski definition) is 27. The predicted octanol–water partition coefficient (Wildman–Crippen LogP) is 5.63. The van der Waals surface area contributed by atoms with Gasteiger partial charge in [0.05, 0.1) is 64.5 Å². The van der Waals surface area contributed by atoms with E-state index in [2.05, 4.69) is 16.0 Å². The molecular weight excluding hydrogens is 1290 g/mol. The van der Waals surface area contributed by atoms with Gasteiger partial charge in [0.1, 0.15) is 76.3 Å². The molecule has 12 atom stereocenters. The molecule has 0 amide bonds. The fraction of sp³-hybridized carbons (Fsp3) is 0.486. The van der Waals surface area contributed by atoms with Gasteiger partial charge in [-0.15, -0.1) is 0 Å². The van der Waals surface area contributed by atoms with Crippen molar-refractivity contribution in [1.82, 2.24) is 0 Å². The van der Waals surface area contributed by atoms with Gasteiger partial charge in [-0.1, -0.05) is 75.5 Å². The molecule has 3 aromatic carbocycles. The minimum atomic E-state index is -1.59. The molecular formula is C72H100N4O23. The van der Waals surface area contributed by atoms with E-state index in [4.69, 9.17) is 38.9 Å². The summed E-state index contributed by atoms with van der Waals surface area (Å²) in [5.74, 6) is -5.93. The maximum absolute atomic E-state index is 12.8. The van der Waals surface area contributed by atoms with Crippen LogP contribution in [0.5, 0.6) is 17.2 Å². The molecule has 3 heterocycles. The largest absolute Gasteiger partial charge is 0.507 e. The molecule has 0 unspecified atom stereocenters. The van der Waals surface area contributed by atoms with Crippen LogP contribution in [0.25, 0.3) is 18.2 Å². The maximum atomic E-state index is 12.8. The number of cyclic esters (lactones) is 3. The molecule has 3 aliphatic rings. The number of rotatable bonds is 17. The minimum Gasteiger partial charge on any atom is -0.507 e. The highest BCUT2D eigenvalue weighted by molar-refractivity contribution is 6.00. The number of ketones is 4. The molecule has 0 saturated carbocycles. The van der Waals surface area contributed by atoms with Crippen molar-refractivity contribution in [2.45, 2.75) is 130 Å². The average Bonchev–Trinajstić information content (AvgIpc) is 0.828. The summed E-state index contributed by atoms with van der Waals surface area (Å²) in [7, 11) is 3.22. The van der Waals surface area contributed by atoms with Crippen LogP contribution >= 0.6 is 0 Å². The van der Waals surface area contributed by atoms with Crippen molar-refractivity contribution in [2.75, 3.05) is 96.0 Å². The number of esters is 3. The Morgan fingerprint density at radius 2 is 0.798 bits per heavy atom. The maximum Gasteiger partial charge on any atom is 0.342 e. The van der Waals surface area contributed by atoms with Crippen molar-refractivity contribution in [3.8, 4) is 17.2 Å². The molecule has 0 saturated heterocycles. The lowest BCUT2D eigenvalue weighted by Crippen LogP contribution is -2.32. The van der Waals surface area contributed by atoms with Crippen molar-refractivity contribution in [1.29, 1.82) is 0 Å². The lowest BCUT2D eigenvalue weighted by atomic mass is 9.99. The van der Waals surface area contributed by atoms with Crippen LogP contribution < -0.4 is 21.7 Å². The van der Waals surface area contributed by atoms with Crippen LogP contribution in [0.2, 0.25) is 0 Å². The smallest absolute Gasteiger partial charge is 0.342 e. The number of Topliss-reactive ketones (excluding diaryl/α,β-unsaturated/α-hetero) is 1. The summed E-state index contributed by atoms with van der Waals surface area (Å²) in [6, 6.07) is 9.11. The van der Waals surface area contributed by atoms with Gasteiger partial charge < -0.3 is 101 Å². The summed E-state index contributed by atoms with van der Waals surface area (Å²) >= 11 is 0. The second kappa shape index (κ2) is 44.5. The fourth-order valence-electron chi connectivity index (χ4n) is 9.06. The summed E-state index contributed by atoms with van der Waals surface area (Å²) < 4.78 is 36.4. The van der Waals surface area contributed by atoms with E-state index in [1.165, 1.54) is 85.9 Å². The number of benzene rings is 3. The molecule has 0 fully saturated rings. The van der Waals surface area contributed by atoms with Crippen molar-refractivity contribution in [3.05, 3.63) is 124 Å². The van der Waals surface area contributed by atoms with E-state index < -0.39 is 90.2 Å². The average molecular weight is 1390 g/mol. The number of aromatic hydroxyl groups is 3. The van der Waals surface area contributed by atoms with Crippen LogP contribution in [0.1, 0.15) is 122 Å². The van der Waals surface area contributed by atoms with Gasteiger partial charge in [-0.25, -0.2) is 14.4 Å². The first-order chi connectivity index (χ1) is 47.0. The number of carbonyl (C=O) groups is 7. The van der Waals surface area contributed by atoms with Gasteiger partial charge in [-0.05, 0) is 107 Å². The second-order valence-electron chi connectivity index (χ2n) is 23.5. The number of nitrogens with one attached hydrogen (secondary N) is 3. The van der Waals surface area contributed by atoms with E-state index in [1.54, 1.807) is 80.0 Å². The number of nitrogens with two attached hydrogens (primary N) is 1. The standard InChI is InChI=1S/C22H27NO7.C22H29NO7.C21H27NO6.C7H17NO3/c1-12-7-8-18(26)21(28)17(25)6-4-5-15-9-16(23-11-13(2)24)10-19(27)20(15)22(29)30-14(12)3;1-13-7-8-18(25)21(27)17(24)6-4-5-15-11-16(23-9-10-29-3)12-19(26)20(15)22(28)30-14(13)2;1-4-22-15-10-14-6-5-7-16(23)20(26)17(24)9-8-12(2)13(3)28-21(27)19(14)18(25)11-15;1-9-4-5-11-7-6-10-3-2-8/h4-5,7-10,12,14,17,21,23,25,27-28H,6,11H2,1-3H3;4-5,7-8,11-14,17,21,23-24,26-27H,6,9-10H2,1-3H3;5-6,8-13,16,20,22-23,25-26H,4,7H2,1-3H3;2-8H2,1H3/b2*5-4+,8-7-;6-5+,9-8-;/t12-,14+,17+,21+;13-,14+,17+,21+;12-,13+,16+,20+;/m111./s1. The highest BCUT2D eigenvalue weighted by Crippen LogP contribution is 2.33. The Bertz CT molecular complexity index is 3300. The molecule has 3 aliphatic heterocycles. The molecule has 0 spiro atoms. The molecule has 6 rings (SSSR count). The number of phenols is 3. The van der Waals surface area contributed by atoms with Gasteiger partial charge in [-0.3, -0.25) is 19.2 Å². The molecule has 3 aromatic rings. The number of anilines is 3. The van der Waals surface area contributed by atoms with Gasteiger partial charge in [0.15, 0.2) is 17.3 Å². The van der Waals surface area contributed by atoms with E-state index in [9.17, 15) is 79.5 Å². The van der Waals surface area contributed by atoms with Gasteiger partial charge in [0.25, 0.3) is 0 Å². The van der Waals surface area contributed by atoms with Crippen LogP contribution in [0.4, 0.5) is 17.1 Å². The zero-order valence-electron chi connectivity index (χ0n) is 57.8. The third kappa shape index (κ3) is 29.1. The number of fused-ring (bicyclic) bond motifs is 3. The van der Waals surface area contributed by atoms with E-state index >= 15 is 0 Å². The Labute approximate surface area is 577 Å². The van der Waals surface area contributed by atoms with Crippen molar-refractivity contribution in [3.63, 3.8) is 0 Å². The second-order valence-corrected chi connectivity index (χ2v) is 23.5. The van der Waals surface area contributed by atoms with E-state index in [0.29, 0.717) is 93.0 Å². The quantitative estimate of drug-likeness (QED) is 0.0442. The normalized spacial score (nSPS) is 25.9. The molecule has 0 aromatic heterocycles. The van der Waals surface area contributed by atoms with Crippen LogP contribution in [0.3, 0.4) is 0 Å². The first kappa shape index (κ1) is 84.8. The fourth-order valence-corrected chi connectivity index (χ4v) is 9.06. The van der Waals surface area contributed by atoms with Gasteiger partial charge >= 0.3 is 17.9 Å². The first-order valence-electron chi connectivity index (χ1n) is 32.5. The number of hydrogen-bond donors (Lipinski definition) is 13. The number of phenolic OH excluding ortho intramolecular Hbond substituents is 3. The van der Waals surface area contributed by atoms with E-state index in [0.717, 1.165) is 6.08 Å². The zero-order chi connectivity index (χ0) is 73.9. The predicted molar refractivity (Wildman–Crippen MR) is 372 cm³/mol. The number of ether oxygens (including phenoxy) is 7. The lowest BCUT2D eigenvalue weighted by Gasteiger charge is -2.20. The molecule has 0 bridgehead atoms. The molecule has 99 heavy (non-hydrogen) atoms. The minimum absolute atomic E-state index is 0.00487. The van der Waals surface area contributed by atoms with Crippen LogP contribution in [0.15, 0.2) is 91.1 Å². The number of carbonyl (C=O) groups excluding carboxylic acids is 7. The summed E-state index contributed by atoms with van der Waals surface area (Å²) in [6.45, 7) is 18.8. The topological polar surface area (TPSA) is 428 Å². The van der Waals surface area contributed by atoms with Crippen LogP contribution in [-0.4, -0.2) is 222 Å². The van der Waals surface area contributed by atoms with Gasteiger partial charge in [0.2, 0.25) is 0 Å². The number of methoxy groups -OCH3 is 2. The SMILES string of the molecule is CC(=O)CNc1cc(O)c2c(c1)/C=C/C[C@H](O)[C@H](O)C(=O)/C=C\[C@@H](C)[C@H](C)OC2=O.CCNc1cc(O)c2c(c1)/C=C/C[C@H](O)[C@H](O)C(=O)/C=C\[C@@H](C)[C@H](C)OC2=O.COCCNc1cc(O)c2c(c1)/C=C/C[C@H](O)[C@H](O)C(=O)/C=C\[C@@H](C)[C@H](C)OC2=O.COCCOCCOCCN. The van der Waals surface area contributed by atoms with Crippen LogP contribution in [0, 0.1) is 17.8 Å². The Morgan fingerprint density at radius 1 is 0.475 bits per heavy atom. The van der Waals surface area contributed by atoms with Crippen molar-refractivity contribution >= 4 is 76.3 Å². The molecule has 546 valence electrons. The lowest BCUT2D eigenvalue weighted by molar-refractivity contribution is -0.128. The van der Waals surface area contributed by atoms with Crippen LogP contribution in [-0.2, 0) is 52.3 Å². The Kier molecular flexibility index (Phi) is 38.1. The van der Waals surface area contributed by atoms with E-state index in [1.807, 2.05) is 6.92 Å². The molecule has 27 nitrogen and oxygen atoms in total. The Hall–Kier alpha value is -8.45. The summed E-state index contributed by atoms with van der Waals surface area (Å²) in [5, 5.41) is 101. The third-order valence-corrected chi connectivity index (χ3v) is 15.5. The molecule has 0 radical (unpaired) electrons. The summed E-state index contributed by atoms with van der Waals surface area (Å²) in [4.78, 5) is 85.5. The number of aliphatic hydroxyl groups is 6. The highest BCUT2D eigenvalue weighted by atomic mass is 16.6. The first-order valence-corrected chi connectivity index (χ1v) is 32.5. The summed E-state index contributed by atoms with van der Waals surface area (Å²) in [6.07, 6.45) is 6.64. The van der Waals surface area contributed by atoms with Gasteiger partial charge in [0, 0.05) is 86.9 Å². The van der Waals surface area contributed by atoms with Crippen molar-refractivity contribution in [2.24, 2.45) is 23.5 Å². The Morgan fingerprint density at radius 3 is 1.12 bits per heavy atom. The monoisotopic (exact) mass is 1390 g/mol. The number of aliphatic hydroxyl groups excluding tert-OH is 6. The third-order valence-electron chi connectivity index (χ3n) is 15.5. The molecule has 27 heteroatoms.